The number of para-hydroxylation sites is 1. The molecule has 4 nitrogen and oxygen atoms in total. The van der Waals surface area contributed by atoms with E-state index in [4.69, 9.17) is 21.3 Å². The van der Waals surface area contributed by atoms with E-state index in [1.54, 1.807) is 11.5 Å². The number of ether oxygens (including phenoxy) is 1. The van der Waals surface area contributed by atoms with Gasteiger partial charge in [-0.15, -0.1) is 0 Å². The minimum atomic E-state index is -0.437. The maximum absolute atomic E-state index is 13.0. The highest BCUT2D eigenvalue weighted by Gasteiger charge is 2.25. The zero-order chi connectivity index (χ0) is 22.2. The van der Waals surface area contributed by atoms with Crippen molar-refractivity contribution in [1.82, 2.24) is 9.55 Å². The number of hydrogen-bond acceptors (Lipinski definition) is 3. The summed E-state index contributed by atoms with van der Waals surface area (Å²) in [7, 11) is 0. The van der Waals surface area contributed by atoms with Crippen molar-refractivity contribution in [3.63, 3.8) is 0 Å². The van der Waals surface area contributed by atoms with Gasteiger partial charge in [-0.1, -0.05) is 72.3 Å². The molecule has 158 valence electrons. The summed E-state index contributed by atoms with van der Waals surface area (Å²) in [5.74, 6) is 0. The van der Waals surface area contributed by atoms with Crippen LogP contribution in [0, 0.1) is 3.57 Å². The molecule has 0 spiro atoms. The molecular weight excluding hydrogens is 535 g/mol. The molecule has 0 atom stereocenters. The van der Waals surface area contributed by atoms with Crippen molar-refractivity contribution in [3.05, 3.63) is 87.5 Å². The van der Waals surface area contributed by atoms with Gasteiger partial charge in [-0.2, -0.15) is 0 Å². The molecule has 6 heteroatoms. The lowest BCUT2D eigenvalue weighted by Crippen LogP contribution is -2.14. The van der Waals surface area contributed by atoms with Gasteiger partial charge in [-0.05, 0) is 53.3 Å². The molecule has 0 amide bonds. The zero-order valence-corrected chi connectivity index (χ0v) is 20.1. The number of benzene rings is 3. The molecule has 5 rings (SSSR count). The first-order valence-corrected chi connectivity index (χ1v) is 11.7. The van der Waals surface area contributed by atoms with Crippen molar-refractivity contribution in [2.75, 3.05) is 6.61 Å². The van der Waals surface area contributed by atoms with E-state index in [9.17, 15) is 4.79 Å². The fourth-order valence-electron chi connectivity index (χ4n) is 4.01. The number of hydrogen-bond donors (Lipinski definition) is 0. The van der Waals surface area contributed by atoms with Crippen LogP contribution in [0.25, 0.3) is 44.3 Å². The van der Waals surface area contributed by atoms with Gasteiger partial charge in [-0.3, -0.25) is 0 Å². The van der Waals surface area contributed by atoms with Crippen molar-refractivity contribution in [3.8, 4) is 22.4 Å². The van der Waals surface area contributed by atoms with Crippen LogP contribution in [0.1, 0.15) is 6.92 Å². The number of carbonyl (C=O) groups excluding carboxylic acids is 1. The van der Waals surface area contributed by atoms with Gasteiger partial charge in [0.1, 0.15) is 0 Å². The Labute approximate surface area is 203 Å². The first-order chi connectivity index (χ1) is 15.6. The van der Waals surface area contributed by atoms with Gasteiger partial charge in [0, 0.05) is 30.5 Å². The highest BCUT2D eigenvalue weighted by atomic mass is 127. The van der Waals surface area contributed by atoms with E-state index in [1.165, 1.54) is 0 Å². The van der Waals surface area contributed by atoms with E-state index in [0.717, 1.165) is 42.2 Å². The van der Waals surface area contributed by atoms with Crippen LogP contribution in [0.4, 0.5) is 4.79 Å². The molecule has 0 fully saturated rings. The van der Waals surface area contributed by atoms with E-state index in [-0.39, 0.29) is 6.61 Å². The Kier molecular flexibility index (Phi) is 5.61. The largest absolute Gasteiger partial charge is 0.449 e. The van der Waals surface area contributed by atoms with Crippen molar-refractivity contribution in [1.29, 1.82) is 0 Å². The highest BCUT2D eigenvalue weighted by molar-refractivity contribution is 14.1. The Bertz CT molecular complexity index is 1460. The number of halogens is 2. The normalized spacial score (nSPS) is 11.2. The molecule has 0 unspecified atom stereocenters. The third-order valence-corrected chi connectivity index (χ3v) is 6.68. The second-order valence-electron chi connectivity index (χ2n) is 7.27. The van der Waals surface area contributed by atoms with Gasteiger partial charge in [-0.25, -0.2) is 14.3 Å². The first kappa shape index (κ1) is 21.0. The molecule has 5 aromatic rings. The summed E-state index contributed by atoms with van der Waals surface area (Å²) in [6, 6.07) is 25.6. The molecule has 0 aliphatic heterocycles. The predicted molar refractivity (Wildman–Crippen MR) is 138 cm³/mol. The van der Waals surface area contributed by atoms with Crippen LogP contribution in [-0.4, -0.2) is 22.3 Å². The van der Waals surface area contributed by atoms with Crippen LogP contribution in [0.3, 0.4) is 0 Å². The van der Waals surface area contributed by atoms with Crippen molar-refractivity contribution in [2.45, 2.75) is 6.92 Å². The fraction of sp³-hybridized carbons (Fsp3) is 0.0769. The third kappa shape index (κ3) is 3.45. The van der Waals surface area contributed by atoms with Crippen LogP contribution in [0.5, 0.6) is 0 Å². The summed E-state index contributed by atoms with van der Waals surface area (Å²) < 4.78 is 7.99. The summed E-state index contributed by atoms with van der Waals surface area (Å²) in [5.41, 5.74) is 5.17. The van der Waals surface area contributed by atoms with Gasteiger partial charge >= 0.3 is 6.09 Å². The molecular formula is C26H18ClIN2O2. The van der Waals surface area contributed by atoms with Crippen molar-refractivity contribution < 1.29 is 9.53 Å². The quantitative estimate of drug-likeness (QED) is 0.215. The molecule has 0 N–H and O–H groups in total. The van der Waals surface area contributed by atoms with Gasteiger partial charge < -0.3 is 4.74 Å². The minimum Gasteiger partial charge on any atom is -0.449 e. The average Bonchev–Trinajstić information content (AvgIpc) is 3.14. The van der Waals surface area contributed by atoms with Crippen LogP contribution in [0.15, 0.2) is 78.9 Å². The molecule has 0 radical (unpaired) electrons. The molecule has 32 heavy (non-hydrogen) atoms. The summed E-state index contributed by atoms with van der Waals surface area (Å²) in [6.45, 7) is 2.09. The second kappa shape index (κ2) is 8.56. The molecule has 2 aromatic heterocycles. The van der Waals surface area contributed by atoms with E-state index >= 15 is 0 Å². The highest BCUT2D eigenvalue weighted by Crippen LogP contribution is 2.42. The average molecular weight is 553 g/mol. The van der Waals surface area contributed by atoms with E-state index in [1.807, 2.05) is 78.9 Å². The monoisotopic (exact) mass is 552 g/mol. The Hall–Kier alpha value is -2.90. The Balaban J connectivity index is 1.98. The summed E-state index contributed by atoms with van der Waals surface area (Å²) in [5, 5.41) is 2.54. The number of pyridine rings is 1. The fourth-order valence-corrected chi connectivity index (χ4v) is 5.15. The number of nitrogens with zero attached hydrogens (tertiary/aromatic N) is 2. The van der Waals surface area contributed by atoms with Crippen LogP contribution >= 0.6 is 34.2 Å². The third-order valence-electron chi connectivity index (χ3n) is 5.38. The maximum atomic E-state index is 13.0. The number of fused-ring (bicyclic) bond motifs is 3. The summed E-state index contributed by atoms with van der Waals surface area (Å²) in [4.78, 5) is 18.1. The smallest absolute Gasteiger partial charge is 0.420 e. The van der Waals surface area contributed by atoms with Crippen LogP contribution in [-0.2, 0) is 4.74 Å². The molecule has 3 aromatic carbocycles. The Morgan fingerprint density at radius 1 is 0.969 bits per heavy atom. The summed E-state index contributed by atoms with van der Waals surface area (Å²) in [6.07, 6.45) is -0.437. The van der Waals surface area contributed by atoms with Crippen molar-refractivity contribution in [2.24, 2.45) is 0 Å². The van der Waals surface area contributed by atoms with Gasteiger partial charge in [0.25, 0.3) is 0 Å². The predicted octanol–water partition coefficient (Wildman–Crippen LogP) is 7.79. The zero-order valence-electron chi connectivity index (χ0n) is 17.2. The van der Waals surface area contributed by atoms with E-state index in [2.05, 4.69) is 22.6 Å². The van der Waals surface area contributed by atoms with Crippen molar-refractivity contribution >= 4 is 62.2 Å². The SMILES string of the molecule is CCOC(=O)n1c2ccccc2c2c(-c3ccc(Cl)cc3)c(I)c(-c3ccccc3)nc21. The Morgan fingerprint density at radius 3 is 2.38 bits per heavy atom. The van der Waals surface area contributed by atoms with E-state index in [0.29, 0.717) is 10.7 Å². The Morgan fingerprint density at radius 2 is 1.66 bits per heavy atom. The van der Waals surface area contributed by atoms with Gasteiger partial charge in [0.05, 0.1) is 17.8 Å². The van der Waals surface area contributed by atoms with Crippen LogP contribution < -0.4 is 0 Å². The molecule has 0 bridgehead atoms. The molecule has 2 heterocycles. The summed E-state index contributed by atoms with van der Waals surface area (Å²) >= 11 is 8.54. The first-order valence-electron chi connectivity index (χ1n) is 10.2. The number of aromatic nitrogens is 2. The lowest BCUT2D eigenvalue weighted by Gasteiger charge is -2.13. The van der Waals surface area contributed by atoms with Gasteiger partial charge in [0.15, 0.2) is 5.65 Å². The topological polar surface area (TPSA) is 44.1 Å². The molecule has 0 aliphatic carbocycles. The molecule has 0 aliphatic rings. The number of rotatable bonds is 3. The second-order valence-corrected chi connectivity index (χ2v) is 8.79. The molecule has 0 saturated carbocycles. The standard InChI is InChI=1S/C26H18ClIN2O2/c1-2-32-26(31)30-20-11-7-6-10-19(20)22-21(16-12-14-18(27)15-13-16)23(28)24(29-25(22)30)17-8-4-3-5-9-17/h3-15H,2H2,1H3. The van der Waals surface area contributed by atoms with E-state index < -0.39 is 6.09 Å². The minimum absolute atomic E-state index is 0.285. The lowest BCUT2D eigenvalue weighted by molar-refractivity contribution is 0.156. The maximum Gasteiger partial charge on any atom is 0.420 e. The van der Waals surface area contributed by atoms with Gasteiger partial charge in [0.2, 0.25) is 0 Å². The van der Waals surface area contributed by atoms with Crippen LogP contribution in [0.2, 0.25) is 5.02 Å². The molecule has 0 saturated heterocycles. The lowest BCUT2D eigenvalue weighted by atomic mass is 9.98. The number of carbonyl (C=O) groups is 1.